The number of para-hydroxylation sites is 1. The molecule has 3 heterocycles. The first kappa shape index (κ1) is 13.5. The number of aryl methyl sites for hydroxylation is 1. The summed E-state index contributed by atoms with van der Waals surface area (Å²) in [5, 5.41) is 3.93. The number of hydrogen-bond acceptors (Lipinski definition) is 3. The molecular weight excluding hydrogens is 288 g/mol. The minimum absolute atomic E-state index is 0.195. The summed E-state index contributed by atoms with van der Waals surface area (Å²) in [7, 11) is 0. The van der Waals surface area contributed by atoms with E-state index >= 15 is 0 Å². The first-order valence-corrected chi connectivity index (χ1v) is 7.32. The number of amides is 1. The predicted octanol–water partition coefficient (Wildman–Crippen LogP) is 3.44. The van der Waals surface area contributed by atoms with Crippen molar-refractivity contribution in [3.05, 3.63) is 72.3 Å². The molecule has 23 heavy (non-hydrogen) atoms. The summed E-state index contributed by atoms with van der Waals surface area (Å²) in [4.78, 5) is 21.5. The van der Waals surface area contributed by atoms with Gasteiger partial charge in [-0.2, -0.15) is 0 Å². The van der Waals surface area contributed by atoms with Crippen molar-refractivity contribution < 1.29 is 4.79 Å². The SMILES string of the molecule is Cc1cn2cccc(C(=O)Nc3cccc4cccnc34)c2n1. The maximum atomic E-state index is 12.7. The fourth-order valence-corrected chi connectivity index (χ4v) is 2.71. The van der Waals surface area contributed by atoms with E-state index in [2.05, 4.69) is 15.3 Å². The van der Waals surface area contributed by atoms with Gasteiger partial charge in [0.15, 0.2) is 0 Å². The molecule has 5 nitrogen and oxygen atoms in total. The van der Waals surface area contributed by atoms with E-state index in [9.17, 15) is 4.79 Å². The van der Waals surface area contributed by atoms with Crippen molar-refractivity contribution in [1.29, 1.82) is 0 Å². The summed E-state index contributed by atoms with van der Waals surface area (Å²) in [5.74, 6) is -0.195. The van der Waals surface area contributed by atoms with Gasteiger partial charge in [-0.1, -0.05) is 18.2 Å². The van der Waals surface area contributed by atoms with Crippen LogP contribution in [-0.4, -0.2) is 20.3 Å². The van der Waals surface area contributed by atoms with Crippen molar-refractivity contribution in [2.24, 2.45) is 0 Å². The highest BCUT2D eigenvalue weighted by molar-refractivity contribution is 6.11. The van der Waals surface area contributed by atoms with Gasteiger partial charge in [0.05, 0.1) is 22.5 Å². The van der Waals surface area contributed by atoms with Gasteiger partial charge in [0.1, 0.15) is 5.65 Å². The molecule has 0 saturated heterocycles. The molecule has 4 rings (SSSR count). The molecule has 0 spiro atoms. The van der Waals surface area contributed by atoms with Crippen molar-refractivity contribution in [2.45, 2.75) is 6.92 Å². The van der Waals surface area contributed by atoms with E-state index in [0.29, 0.717) is 16.9 Å². The van der Waals surface area contributed by atoms with E-state index in [1.54, 1.807) is 12.3 Å². The van der Waals surface area contributed by atoms with Crippen molar-refractivity contribution in [3.63, 3.8) is 0 Å². The van der Waals surface area contributed by atoms with E-state index in [0.717, 1.165) is 16.6 Å². The van der Waals surface area contributed by atoms with Gasteiger partial charge >= 0.3 is 0 Å². The van der Waals surface area contributed by atoms with E-state index in [1.807, 2.05) is 60.1 Å². The third kappa shape index (κ3) is 2.32. The molecule has 0 fully saturated rings. The van der Waals surface area contributed by atoms with Crippen LogP contribution < -0.4 is 5.32 Å². The average Bonchev–Trinajstić information content (AvgIpc) is 2.95. The number of carbonyl (C=O) groups excluding carboxylic acids is 1. The van der Waals surface area contributed by atoms with Gasteiger partial charge in [-0.3, -0.25) is 9.78 Å². The molecule has 1 amide bonds. The lowest BCUT2D eigenvalue weighted by atomic mass is 10.2. The number of benzene rings is 1. The Morgan fingerprint density at radius 2 is 2.00 bits per heavy atom. The molecule has 0 saturated carbocycles. The first-order valence-electron chi connectivity index (χ1n) is 7.32. The van der Waals surface area contributed by atoms with Gasteiger partial charge < -0.3 is 9.72 Å². The summed E-state index contributed by atoms with van der Waals surface area (Å²) in [6.07, 6.45) is 5.49. The topological polar surface area (TPSA) is 59.3 Å². The van der Waals surface area contributed by atoms with Crippen molar-refractivity contribution in [3.8, 4) is 0 Å². The fourth-order valence-electron chi connectivity index (χ4n) is 2.71. The van der Waals surface area contributed by atoms with Crippen LogP contribution in [0.3, 0.4) is 0 Å². The Bertz CT molecular complexity index is 1030. The Balaban J connectivity index is 1.77. The lowest BCUT2D eigenvalue weighted by molar-refractivity contribution is 0.102. The molecule has 0 aliphatic rings. The van der Waals surface area contributed by atoms with Gasteiger partial charge in [-0.25, -0.2) is 4.98 Å². The number of carbonyl (C=O) groups is 1. The third-order valence-electron chi connectivity index (χ3n) is 3.73. The number of fused-ring (bicyclic) bond motifs is 2. The summed E-state index contributed by atoms with van der Waals surface area (Å²) in [6.45, 7) is 1.91. The molecule has 0 unspecified atom stereocenters. The zero-order valence-corrected chi connectivity index (χ0v) is 12.5. The summed E-state index contributed by atoms with van der Waals surface area (Å²) < 4.78 is 1.85. The number of nitrogens with zero attached hydrogens (tertiary/aromatic N) is 3. The Hall–Kier alpha value is -3.21. The van der Waals surface area contributed by atoms with E-state index in [-0.39, 0.29) is 5.91 Å². The molecule has 4 aromatic rings. The number of hydrogen-bond donors (Lipinski definition) is 1. The van der Waals surface area contributed by atoms with Gasteiger partial charge in [0, 0.05) is 24.0 Å². The number of nitrogens with one attached hydrogen (secondary N) is 1. The minimum Gasteiger partial charge on any atom is -0.320 e. The van der Waals surface area contributed by atoms with Crippen LogP contribution in [0.2, 0.25) is 0 Å². The van der Waals surface area contributed by atoms with Gasteiger partial charge in [-0.15, -0.1) is 0 Å². The molecule has 0 aliphatic carbocycles. The van der Waals surface area contributed by atoms with Crippen LogP contribution in [-0.2, 0) is 0 Å². The molecule has 0 bridgehead atoms. The molecule has 0 atom stereocenters. The zero-order valence-electron chi connectivity index (χ0n) is 12.5. The normalized spacial score (nSPS) is 11.0. The van der Waals surface area contributed by atoms with Crippen molar-refractivity contribution in [2.75, 3.05) is 5.32 Å². The van der Waals surface area contributed by atoms with Crippen LogP contribution in [0, 0.1) is 6.92 Å². The number of anilines is 1. The second-order valence-corrected chi connectivity index (χ2v) is 5.37. The quantitative estimate of drug-likeness (QED) is 0.617. The molecule has 1 aromatic carbocycles. The van der Waals surface area contributed by atoms with Crippen LogP contribution >= 0.6 is 0 Å². The number of rotatable bonds is 2. The molecular formula is C18H14N4O. The highest BCUT2D eigenvalue weighted by Crippen LogP contribution is 2.22. The van der Waals surface area contributed by atoms with Gasteiger partial charge in [0.25, 0.3) is 5.91 Å². The molecule has 1 N–H and O–H groups in total. The van der Waals surface area contributed by atoms with Crippen molar-refractivity contribution in [1.82, 2.24) is 14.4 Å². The maximum Gasteiger partial charge on any atom is 0.259 e. The molecule has 112 valence electrons. The van der Waals surface area contributed by atoms with Crippen LogP contribution in [0.5, 0.6) is 0 Å². The number of aromatic nitrogens is 3. The molecule has 0 aliphatic heterocycles. The summed E-state index contributed by atoms with van der Waals surface area (Å²) in [5.41, 5.74) is 3.52. The largest absolute Gasteiger partial charge is 0.320 e. The van der Waals surface area contributed by atoms with Crippen LogP contribution in [0.25, 0.3) is 16.6 Å². The fraction of sp³-hybridized carbons (Fsp3) is 0.0556. The number of pyridine rings is 2. The Morgan fingerprint density at radius 3 is 2.91 bits per heavy atom. The van der Waals surface area contributed by atoms with E-state index < -0.39 is 0 Å². The van der Waals surface area contributed by atoms with Crippen LogP contribution in [0.15, 0.2) is 61.1 Å². The Labute approximate surface area is 132 Å². The lowest BCUT2D eigenvalue weighted by Crippen LogP contribution is -2.13. The Kier molecular flexibility index (Phi) is 3.05. The smallest absolute Gasteiger partial charge is 0.259 e. The van der Waals surface area contributed by atoms with Crippen LogP contribution in [0.4, 0.5) is 5.69 Å². The summed E-state index contributed by atoms with van der Waals surface area (Å²) >= 11 is 0. The van der Waals surface area contributed by atoms with E-state index in [1.165, 1.54) is 0 Å². The molecule has 5 heteroatoms. The lowest BCUT2D eigenvalue weighted by Gasteiger charge is -2.08. The highest BCUT2D eigenvalue weighted by atomic mass is 16.1. The van der Waals surface area contributed by atoms with Crippen LogP contribution in [0.1, 0.15) is 16.1 Å². The average molecular weight is 302 g/mol. The zero-order chi connectivity index (χ0) is 15.8. The Morgan fingerprint density at radius 1 is 1.13 bits per heavy atom. The standard InChI is InChI=1S/C18H14N4O/c1-12-11-22-10-4-7-14(17(22)20-12)18(23)21-15-8-2-5-13-6-3-9-19-16(13)15/h2-11H,1H3,(H,21,23). The van der Waals surface area contributed by atoms with E-state index in [4.69, 9.17) is 0 Å². The van der Waals surface area contributed by atoms with Crippen molar-refractivity contribution >= 4 is 28.1 Å². The number of imidazole rings is 1. The first-order chi connectivity index (χ1) is 11.2. The third-order valence-corrected chi connectivity index (χ3v) is 3.73. The van der Waals surface area contributed by atoms with Gasteiger partial charge in [0.2, 0.25) is 0 Å². The highest BCUT2D eigenvalue weighted by Gasteiger charge is 2.14. The monoisotopic (exact) mass is 302 g/mol. The second-order valence-electron chi connectivity index (χ2n) is 5.37. The summed E-state index contributed by atoms with van der Waals surface area (Å²) in [6, 6.07) is 13.2. The molecule has 0 radical (unpaired) electrons. The predicted molar refractivity (Wildman–Crippen MR) is 89.6 cm³/mol. The molecule has 3 aromatic heterocycles. The minimum atomic E-state index is -0.195. The maximum absolute atomic E-state index is 12.7. The van der Waals surface area contributed by atoms with Gasteiger partial charge in [-0.05, 0) is 31.2 Å². The second kappa shape index (κ2) is 5.21.